The van der Waals surface area contributed by atoms with Gasteiger partial charge < -0.3 is 15.0 Å². The third-order valence-corrected chi connectivity index (χ3v) is 5.98. The molecule has 0 saturated carbocycles. The summed E-state index contributed by atoms with van der Waals surface area (Å²) in [5.74, 6) is 0.971. The maximum absolute atomic E-state index is 9.27. The van der Waals surface area contributed by atoms with E-state index in [1.54, 1.807) is 25.3 Å². The van der Waals surface area contributed by atoms with E-state index in [2.05, 4.69) is 21.0 Å². The Hall–Kier alpha value is -3.28. The zero-order valence-corrected chi connectivity index (χ0v) is 17.6. The molecule has 0 spiro atoms. The number of nitrogens with two attached hydrogens (primary N) is 1. The lowest BCUT2D eigenvalue weighted by molar-refractivity contribution is 0.404. The first-order valence-corrected chi connectivity index (χ1v) is 10.3. The number of ether oxygens (including phenoxy) is 1. The number of anilines is 1. The second-order valence-electron chi connectivity index (χ2n) is 6.40. The molecule has 2 N–H and O–H groups in total. The van der Waals surface area contributed by atoms with E-state index in [0.717, 1.165) is 10.5 Å². The average Bonchev–Trinajstić information content (AvgIpc) is 3.11. The summed E-state index contributed by atoms with van der Waals surface area (Å²) in [5, 5.41) is 10.7. The SMILES string of the molecule is COc1ccc(C#N)cc1Sc1nc2c(N)ncnc2n1CCc1ccccc1Cl. The Morgan fingerprint density at radius 3 is 2.83 bits per heavy atom. The fourth-order valence-electron chi connectivity index (χ4n) is 3.07. The third kappa shape index (κ3) is 3.90. The van der Waals surface area contributed by atoms with Gasteiger partial charge in [0.05, 0.1) is 23.6 Å². The maximum Gasteiger partial charge on any atom is 0.175 e. The van der Waals surface area contributed by atoms with Crippen molar-refractivity contribution in [2.75, 3.05) is 12.8 Å². The first-order chi connectivity index (χ1) is 14.6. The van der Waals surface area contributed by atoms with Crippen molar-refractivity contribution in [3.05, 3.63) is 64.9 Å². The molecule has 2 aromatic carbocycles. The second-order valence-corrected chi connectivity index (χ2v) is 7.81. The molecule has 0 radical (unpaired) electrons. The molecule has 2 aromatic heterocycles. The smallest absolute Gasteiger partial charge is 0.175 e. The maximum atomic E-state index is 9.27. The predicted octanol–water partition coefficient (Wildman–Crippen LogP) is 4.34. The fraction of sp³-hybridized carbons (Fsp3) is 0.143. The van der Waals surface area contributed by atoms with Gasteiger partial charge in [-0.2, -0.15) is 5.26 Å². The van der Waals surface area contributed by atoms with Crippen molar-refractivity contribution in [1.82, 2.24) is 19.5 Å². The first kappa shape index (κ1) is 20.0. The monoisotopic (exact) mass is 436 g/mol. The van der Waals surface area contributed by atoms with E-state index in [9.17, 15) is 5.26 Å². The minimum Gasteiger partial charge on any atom is -0.496 e. The summed E-state index contributed by atoms with van der Waals surface area (Å²) < 4.78 is 7.45. The summed E-state index contributed by atoms with van der Waals surface area (Å²) in [5.41, 5.74) is 8.79. The third-order valence-electron chi connectivity index (χ3n) is 4.58. The van der Waals surface area contributed by atoms with Crippen LogP contribution in [0.1, 0.15) is 11.1 Å². The highest BCUT2D eigenvalue weighted by molar-refractivity contribution is 7.99. The number of hydrogen-bond acceptors (Lipinski definition) is 7. The van der Waals surface area contributed by atoms with Crippen LogP contribution in [0, 0.1) is 11.3 Å². The summed E-state index contributed by atoms with van der Waals surface area (Å²) in [6.45, 7) is 0.597. The first-order valence-electron chi connectivity index (χ1n) is 9.07. The van der Waals surface area contributed by atoms with Crippen molar-refractivity contribution >= 4 is 40.3 Å². The highest BCUT2D eigenvalue weighted by Crippen LogP contribution is 2.37. The highest BCUT2D eigenvalue weighted by atomic mass is 35.5. The van der Waals surface area contributed by atoms with Crippen LogP contribution in [-0.2, 0) is 13.0 Å². The van der Waals surface area contributed by atoms with Crippen LogP contribution < -0.4 is 10.5 Å². The molecule has 0 bridgehead atoms. The number of nitriles is 1. The quantitative estimate of drug-likeness (QED) is 0.479. The van der Waals surface area contributed by atoms with E-state index in [1.807, 2.05) is 28.8 Å². The number of fused-ring (bicyclic) bond motifs is 1. The molecule has 0 fully saturated rings. The van der Waals surface area contributed by atoms with Crippen LogP contribution in [0.3, 0.4) is 0 Å². The van der Waals surface area contributed by atoms with E-state index >= 15 is 0 Å². The summed E-state index contributed by atoms with van der Waals surface area (Å²) in [6.07, 6.45) is 2.12. The lowest BCUT2D eigenvalue weighted by atomic mass is 10.1. The predicted molar refractivity (Wildman–Crippen MR) is 117 cm³/mol. The molecule has 9 heteroatoms. The molecule has 0 amide bonds. The van der Waals surface area contributed by atoms with Gasteiger partial charge in [-0.1, -0.05) is 29.8 Å². The fourth-order valence-corrected chi connectivity index (χ4v) is 4.36. The molecule has 2 heterocycles. The van der Waals surface area contributed by atoms with Gasteiger partial charge in [-0.15, -0.1) is 0 Å². The molecule has 0 aliphatic heterocycles. The molecule has 0 unspecified atom stereocenters. The molecular weight excluding hydrogens is 420 g/mol. The largest absolute Gasteiger partial charge is 0.496 e. The number of methoxy groups -OCH3 is 1. The minimum atomic E-state index is 0.316. The van der Waals surface area contributed by atoms with Gasteiger partial charge in [0.15, 0.2) is 22.1 Å². The average molecular weight is 437 g/mol. The van der Waals surface area contributed by atoms with Crippen LogP contribution in [-0.4, -0.2) is 26.6 Å². The van der Waals surface area contributed by atoms with Gasteiger partial charge in [0.25, 0.3) is 0 Å². The van der Waals surface area contributed by atoms with E-state index in [-0.39, 0.29) is 0 Å². The Bertz CT molecular complexity index is 1270. The molecule has 30 heavy (non-hydrogen) atoms. The highest BCUT2D eigenvalue weighted by Gasteiger charge is 2.18. The van der Waals surface area contributed by atoms with Crippen LogP contribution >= 0.6 is 23.4 Å². The molecule has 150 valence electrons. The molecular formula is C21H17ClN6OS. The molecule has 0 aliphatic rings. The number of rotatable bonds is 6. The standard InChI is InChI=1S/C21H17ClN6OS/c1-29-16-7-6-13(11-23)10-17(16)30-21-27-18-19(24)25-12-26-20(18)28(21)9-8-14-4-2-3-5-15(14)22/h2-7,10,12H,8-9H2,1H3,(H2,24,25,26). The van der Waals surface area contributed by atoms with E-state index in [0.29, 0.717) is 51.4 Å². The number of hydrogen-bond donors (Lipinski definition) is 1. The van der Waals surface area contributed by atoms with Gasteiger partial charge in [-0.25, -0.2) is 15.0 Å². The number of benzene rings is 2. The second kappa shape index (κ2) is 8.61. The zero-order chi connectivity index (χ0) is 21.1. The minimum absolute atomic E-state index is 0.316. The normalized spacial score (nSPS) is 10.8. The zero-order valence-electron chi connectivity index (χ0n) is 16.0. The summed E-state index contributed by atoms with van der Waals surface area (Å²) in [7, 11) is 1.59. The van der Waals surface area contributed by atoms with Crippen molar-refractivity contribution < 1.29 is 4.74 Å². The lowest BCUT2D eigenvalue weighted by Gasteiger charge is -2.11. The molecule has 0 atom stereocenters. The van der Waals surface area contributed by atoms with Crippen molar-refractivity contribution in [3.8, 4) is 11.8 Å². The topological polar surface area (TPSA) is 103 Å². The summed E-state index contributed by atoms with van der Waals surface area (Å²) >= 11 is 7.72. The number of nitrogens with zero attached hydrogens (tertiary/aromatic N) is 5. The van der Waals surface area contributed by atoms with Gasteiger partial charge >= 0.3 is 0 Å². The van der Waals surface area contributed by atoms with Crippen LogP contribution in [0.2, 0.25) is 5.02 Å². The number of nitrogen functional groups attached to an aromatic ring is 1. The Balaban J connectivity index is 1.76. The van der Waals surface area contributed by atoms with Gasteiger partial charge in [0.2, 0.25) is 0 Å². The molecule has 0 aliphatic carbocycles. The van der Waals surface area contributed by atoms with Gasteiger partial charge in [0, 0.05) is 11.6 Å². The van der Waals surface area contributed by atoms with Crippen LogP contribution in [0.5, 0.6) is 5.75 Å². The number of aromatic nitrogens is 4. The van der Waals surface area contributed by atoms with E-state index < -0.39 is 0 Å². The van der Waals surface area contributed by atoms with Crippen molar-refractivity contribution in [1.29, 1.82) is 5.26 Å². The molecule has 7 nitrogen and oxygen atoms in total. The number of imidazole rings is 1. The lowest BCUT2D eigenvalue weighted by Crippen LogP contribution is -2.05. The van der Waals surface area contributed by atoms with Crippen molar-refractivity contribution in [2.45, 2.75) is 23.0 Å². The van der Waals surface area contributed by atoms with Gasteiger partial charge in [-0.3, -0.25) is 0 Å². The molecule has 0 saturated heterocycles. The van der Waals surface area contributed by atoms with Crippen LogP contribution in [0.4, 0.5) is 5.82 Å². The van der Waals surface area contributed by atoms with E-state index in [4.69, 9.17) is 22.1 Å². The molecule has 4 aromatic rings. The Morgan fingerprint density at radius 1 is 1.23 bits per heavy atom. The number of aryl methyl sites for hydroxylation is 2. The Labute approximate surface area is 182 Å². The Morgan fingerprint density at radius 2 is 2.07 bits per heavy atom. The number of halogens is 1. The van der Waals surface area contributed by atoms with Crippen molar-refractivity contribution in [2.24, 2.45) is 0 Å². The van der Waals surface area contributed by atoms with Crippen LogP contribution in [0.25, 0.3) is 11.2 Å². The summed E-state index contributed by atoms with van der Waals surface area (Å²) in [4.78, 5) is 13.9. The molecule has 4 rings (SSSR count). The van der Waals surface area contributed by atoms with Crippen LogP contribution in [0.15, 0.2) is 58.8 Å². The summed E-state index contributed by atoms with van der Waals surface area (Å²) in [6, 6.07) is 15.1. The Kier molecular flexibility index (Phi) is 5.74. The van der Waals surface area contributed by atoms with Gasteiger partial charge in [-0.05, 0) is 48.0 Å². The van der Waals surface area contributed by atoms with E-state index in [1.165, 1.54) is 18.1 Å². The van der Waals surface area contributed by atoms with Crippen molar-refractivity contribution in [3.63, 3.8) is 0 Å². The van der Waals surface area contributed by atoms with Gasteiger partial charge in [0.1, 0.15) is 12.1 Å².